The van der Waals surface area contributed by atoms with Crippen LogP contribution in [0, 0.1) is 5.82 Å². The molecular formula is C28H26FN9. The minimum absolute atomic E-state index is 0.308. The van der Waals surface area contributed by atoms with Crippen LogP contribution in [0.25, 0.3) is 55.6 Å². The van der Waals surface area contributed by atoms with Gasteiger partial charge in [-0.1, -0.05) is 0 Å². The smallest absolute Gasteiger partial charge is 0.125 e. The van der Waals surface area contributed by atoms with Crippen molar-refractivity contribution in [2.75, 3.05) is 38.2 Å². The van der Waals surface area contributed by atoms with Gasteiger partial charge in [0.15, 0.2) is 0 Å². The third-order valence-corrected chi connectivity index (χ3v) is 6.40. The number of nitrogens with two attached hydrogens (primary N) is 1. The monoisotopic (exact) mass is 507 g/mol. The van der Waals surface area contributed by atoms with E-state index in [1.165, 1.54) is 12.1 Å². The molecule has 0 spiro atoms. The summed E-state index contributed by atoms with van der Waals surface area (Å²) >= 11 is 0. The quantitative estimate of drug-likeness (QED) is 0.242. The molecule has 1 aromatic carbocycles. The first kappa shape index (κ1) is 23.6. The van der Waals surface area contributed by atoms with E-state index in [0.29, 0.717) is 12.2 Å². The highest BCUT2D eigenvalue weighted by atomic mass is 19.1. The minimum Gasteiger partial charge on any atom is -0.397 e. The van der Waals surface area contributed by atoms with Crippen molar-refractivity contribution in [2.45, 2.75) is 0 Å². The third-order valence-electron chi connectivity index (χ3n) is 6.40. The number of anilines is 2. The molecule has 0 fully saturated rings. The van der Waals surface area contributed by atoms with Crippen molar-refractivity contribution in [2.24, 2.45) is 0 Å². The van der Waals surface area contributed by atoms with Crippen LogP contribution in [0.2, 0.25) is 0 Å². The van der Waals surface area contributed by atoms with E-state index in [2.05, 4.69) is 40.3 Å². The molecule has 5 N–H and O–H groups in total. The number of nitrogens with zero attached hydrogens (tertiary/aromatic N) is 5. The number of rotatable bonds is 7. The van der Waals surface area contributed by atoms with Gasteiger partial charge in [0.05, 0.1) is 40.5 Å². The molecule has 10 heteroatoms. The summed E-state index contributed by atoms with van der Waals surface area (Å²) in [6.07, 6.45) is 8.60. The molecular weight excluding hydrogens is 481 g/mol. The summed E-state index contributed by atoms with van der Waals surface area (Å²) < 4.78 is 14.6. The number of nitrogen functional groups attached to an aromatic ring is 1. The van der Waals surface area contributed by atoms with Crippen LogP contribution in [0.15, 0.2) is 67.4 Å². The molecule has 38 heavy (non-hydrogen) atoms. The van der Waals surface area contributed by atoms with E-state index in [1.54, 1.807) is 31.0 Å². The first-order valence-electron chi connectivity index (χ1n) is 12.2. The number of likely N-dealkylation sites (N-methyl/N-ethyl adjacent to an activating group) is 1. The topological polar surface area (TPSA) is 124 Å². The van der Waals surface area contributed by atoms with Crippen LogP contribution in [-0.4, -0.2) is 62.2 Å². The molecule has 0 aliphatic carbocycles. The normalized spacial score (nSPS) is 11.6. The predicted octanol–water partition coefficient (Wildman–Crippen LogP) is 4.93. The summed E-state index contributed by atoms with van der Waals surface area (Å²) in [5.74, 6) is -0.308. The largest absolute Gasteiger partial charge is 0.397 e. The van der Waals surface area contributed by atoms with E-state index < -0.39 is 0 Å². The second-order valence-corrected chi connectivity index (χ2v) is 9.48. The van der Waals surface area contributed by atoms with Crippen molar-refractivity contribution in [3.05, 3.63) is 73.2 Å². The Morgan fingerprint density at radius 2 is 1.76 bits per heavy atom. The molecule has 0 saturated carbocycles. The third kappa shape index (κ3) is 4.53. The fraction of sp³-hybridized carbons (Fsp3) is 0.143. The highest BCUT2D eigenvalue weighted by molar-refractivity contribution is 6.01. The Labute approximate surface area is 218 Å². The number of aromatic nitrogens is 6. The van der Waals surface area contributed by atoms with E-state index in [9.17, 15) is 4.39 Å². The Hall–Kier alpha value is -4.83. The molecule has 0 saturated heterocycles. The molecule has 6 rings (SSSR count). The van der Waals surface area contributed by atoms with Crippen molar-refractivity contribution in [3.63, 3.8) is 0 Å². The van der Waals surface area contributed by atoms with Crippen molar-refractivity contribution < 1.29 is 4.39 Å². The van der Waals surface area contributed by atoms with Gasteiger partial charge in [-0.2, -0.15) is 5.10 Å². The average molecular weight is 508 g/mol. The van der Waals surface area contributed by atoms with Crippen molar-refractivity contribution in [3.8, 4) is 33.8 Å². The van der Waals surface area contributed by atoms with Crippen molar-refractivity contribution in [1.29, 1.82) is 0 Å². The Kier molecular flexibility index (Phi) is 5.93. The molecule has 0 unspecified atom stereocenters. The van der Waals surface area contributed by atoms with E-state index in [1.807, 2.05) is 38.4 Å². The molecule has 0 aliphatic heterocycles. The summed E-state index contributed by atoms with van der Waals surface area (Å²) in [6, 6.07) is 10.8. The van der Waals surface area contributed by atoms with Gasteiger partial charge in [-0.3, -0.25) is 20.1 Å². The Balaban J connectivity index is 1.40. The van der Waals surface area contributed by atoms with Gasteiger partial charge in [0.25, 0.3) is 0 Å². The first-order valence-corrected chi connectivity index (χ1v) is 12.2. The summed E-state index contributed by atoms with van der Waals surface area (Å²) in [6.45, 7) is 1.55. The summed E-state index contributed by atoms with van der Waals surface area (Å²) in [7, 11) is 4.01. The zero-order chi connectivity index (χ0) is 26.2. The van der Waals surface area contributed by atoms with E-state index in [4.69, 9.17) is 5.73 Å². The standard InChI is InChI=1S/C28H26FN9/c1-38(2)4-3-33-20-7-16(5-18(29)8-20)23-13-32-14-26-21(23)9-25(35-26)28-22-10-24(34-15-27(22)36-37-28)17-6-19(30)12-31-11-17/h5-15,33,35H,3-4,30H2,1-2H3,(H,36,37). The summed E-state index contributed by atoms with van der Waals surface area (Å²) in [4.78, 5) is 18.6. The van der Waals surface area contributed by atoms with Gasteiger partial charge < -0.3 is 20.9 Å². The Morgan fingerprint density at radius 3 is 2.61 bits per heavy atom. The molecule has 0 atom stereocenters. The maximum absolute atomic E-state index is 14.6. The molecule has 9 nitrogen and oxygen atoms in total. The number of halogens is 1. The van der Waals surface area contributed by atoms with Gasteiger partial charge in [0, 0.05) is 59.3 Å². The lowest BCUT2D eigenvalue weighted by Crippen LogP contribution is -2.20. The van der Waals surface area contributed by atoms with Crippen LogP contribution < -0.4 is 11.1 Å². The molecule has 0 bridgehead atoms. The fourth-order valence-corrected chi connectivity index (χ4v) is 4.56. The van der Waals surface area contributed by atoms with Crippen LogP contribution >= 0.6 is 0 Å². The molecule has 0 aliphatic rings. The number of aromatic amines is 2. The number of H-pyrrole nitrogens is 2. The second kappa shape index (κ2) is 9.56. The average Bonchev–Trinajstić information content (AvgIpc) is 3.51. The highest BCUT2D eigenvalue weighted by Crippen LogP contribution is 2.35. The maximum atomic E-state index is 14.6. The lowest BCUT2D eigenvalue weighted by molar-refractivity contribution is 0.425. The number of pyridine rings is 3. The second-order valence-electron chi connectivity index (χ2n) is 9.48. The number of hydrogen-bond acceptors (Lipinski definition) is 7. The fourth-order valence-electron chi connectivity index (χ4n) is 4.56. The summed E-state index contributed by atoms with van der Waals surface area (Å²) in [5.41, 5.74) is 13.5. The van der Waals surface area contributed by atoms with E-state index in [0.717, 1.165) is 67.8 Å². The van der Waals surface area contributed by atoms with Gasteiger partial charge in [0.2, 0.25) is 0 Å². The molecule has 0 radical (unpaired) electrons. The Morgan fingerprint density at radius 1 is 0.895 bits per heavy atom. The van der Waals surface area contributed by atoms with Crippen molar-refractivity contribution in [1.82, 2.24) is 35.0 Å². The van der Waals surface area contributed by atoms with Gasteiger partial charge >= 0.3 is 0 Å². The maximum Gasteiger partial charge on any atom is 0.125 e. The predicted molar refractivity (Wildman–Crippen MR) is 149 cm³/mol. The van der Waals surface area contributed by atoms with Crippen LogP contribution in [0.3, 0.4) is 0 Å². The molecule has 5 heterocycles. The van der Waals surface area contributed by atoms with Gasteiger partial charge in [-0.05, 0) is 56.1 Å². The van der Waals surface area contributed by atoms with Crippen LogP contribution in [0.4, 0.5) is 15.8 Å². The highest BCUT2D eigenvalue weighted by Gasteiger charge is 2.16. The molecule has 190 valence electrons. The van der Waals surface area contributed by atoms with Crippen LogP contribution in [0.1, 0.15) is 0 Å². The first-order chi connectivity index (χ1) is 18.4. The van der Waals surface area contributed by atoms with Crippen LogP contribution in [0.5, 0.6) is 0 Å². The number of fused-ring (bicyclic) bond motifs is 2. The number of hydrogen-bond donors (Lipinski definition) is 4. The van der Waals surface area contributed by atoms with E-state index >= 15 is 0 Å². The lowest BCUT2D eigenvalue weighted by atomic mass is 10.0. The van der Waals surface area contributed by atoms with Crippen LogP contribution in [-0.2, 0) is 0 Å². The van der Waals surface area contributed by atoms with Gasteiger partial charge in [0.1, 0.15) is 11.5 Å². The molecule has 5 aromatic heterocycles. The lowest BCUT2D eigenvalue weighted by Gasteiger charge is -2.13. The summed E-state index contributed by atoms with van der Waals surface area (Å²) in [5, 5.41) is 12.7. The number of nitrogens with one attached hydrogen (secondary N) is 3. The minimum atomic E-state index is -0.308. The SMILES string of the molecule is CN(C)CCNc1cc(F)cc(-c2cncc3[nH]c(-c4n[nH]c5cnc(-c6cncc(N)c6)cc45)cc23)c1. The molecule has 0 amide bonds. The van der Waals surface area contributed by atoms with Gasteiger partial charge in [-0.15, -0.1) is 0 Å². The van der Waals surface area contributed by atoms with E-state index in [-0.39, 0.29) is 5.82 Å². The van der Waals surface area contributed by atoms with Gasteiger partial charge in [-0.25, -0.2) is 4.39 Å². The number of benzene rings is 1. The zero-order valence-electron chi connectivity index (χ0n) is 21.0. The molecule has 6 aromatic rings. The zero-order valence-corrected chi connectivity index (χ0v) is 21.0. The van der Waals surface area contributed by atoms with Crippen molar-refractivity contribution >= 4 is 33.2 Å². The Bertz CT molecular complexity index is 1770.